The van der Waals surface area contributed by atoms with Gasteiger partial charge in [0.05, 0.1) is 17.8 Å². The summed E-state index contributed by atoms with van der Waals surface area (Å²) in [5.74, 6) is 0.803. The van der Waals surface area contributed by atoms with Crippen LogP contribution in [-0.2, 0) is 5.41 Å². The van der Waals surface area contributed by atoms with Crippen molar-refractivity contribution in [2.45, 2.75) is 44.6 Å². The molecule has 3 rings (SSSR count). The van der Waals surface area contributed by atoms with Gasteiger partial charge in [-0.2, -0.15) is 5.10 Å². The fourth-order valence-electron chi connectivity index (χ4n) is 2.11. The maximum absolute atomic E-state index is 9.41. The summed E-state index contributed by atoms with van der Waals surface area (Å²) in [4.78, 5) is 4.39. The van der Waals surface area contributed by atoms with Crippen molar-refractivity contribution in [2.24, 2.45) is 0 Å². The number of aromatic nitrogens is 3. The van der Waals surface area contributed by atoms with Gasteiger partial charge in [-0.25, -0.2) is 9.50 Å². The molecule has 102 valence electrons. The molecule has 1 fully saturated rings. The summed E-state index contributed by atoms with van der Waals surface area (Å²) in [5, 5.41) is 17.4. The number of anilines is 1. The lowest BCUT2D eigenvalue weighted by molar-refractivity contribution is 0.266. The average molecular weight is 260 g/mol. The molecule has 5 heteroatoms. The van der Waals surface area contributed by atoms with E-state index >= 15 is 0 Å². The minimum atomic E-state index is -0.166. The Bertz CT molecular complexity index is 607. The zero-order chi connectivity index (χ0) is 13.7. The molecule has 0 bridgehead atoms. The summed E-state index contributed by atoms with van der Waals surface area (Å²) < 4.78 is 1.85. The lowest BCUT2D eigenvalue weighted by Gasteiger charge is -2.15. The maximum atomic E-state index is 9.41. The average Bonchev–Trinajstić information content (AvgIpc) is 2.96. The molecule has 2 N–H and O–H groups in total. The Balaban J connectivity index is 2.03. The van der Waals surface area contributed by atoms with Crippen molar-refractivity contribution in [2.75, 3.05) is 11.9 Å². The smallest absolute Gasteiger partial charge is 0.152 e. The van der Waals surface area contributed by atoms with Crippen molar-refractivity contribution in [3.05, 3.63) is 24.2 Å². The van der Waals surface area contributed by atoms with Crippen LogP contribution in [0.4, 0.5) is 5.82 Å². The summed E-state index contributed by atoms with van der Waals surface area (Å²) in [6.45, 7) is 6.58. The molecule has 0 aliphatic heterocycles. The van der Waals surface area contributed by atoms with E-state index in [1.807, 2.05) is 10.7 Å². The zero-order valence-corrected chi connectivity index (χ0v) is 11.6. The van der Waals surface area contributed by atoms with E-state index in [-0.39, 0.29) is 17.6 Å². The molecule has 0 saturated heterocycles. The fraction of sp³-hybridized carbons (Fsp3) is 0.571. The van der Waals surface area contributed by atoms with Crippen LogP contribution in [0.25, 0.3) is 5.52 Å². The first kappa shape index (κ1) is 12.4. The van der Waals surface area contributed by atoms with E-state index in [4.69, 9.17) is 0 Å². The normalized spacial score (nSPS) is 17.7. The van der Waals surface area contributed by atoms with Crippen LogP contribution in [0.15, 0.2) is 18.5 Å². The van der Waals surface area contributed by atoms with Gasteiger partial charge in [-0.05, 0) is 18.9 Å². The maximum Gasteiger partial charge on any atom is 0.152 e. The molecule has 1 aliphatic carbocycles. The molecular weight excluding hydrogens is 240 g/mol. The molecule has 1 aliphatic rings. The van der Waals surface area contributed by atoms with E-state index in [9.17, 15) is 5.11 Å². The zero-order valence-electron chi connectivity index (χ0n) is 11.6. The number of nitrogens with zero attached hydrogens (tertiary/aromatic N) is 3. The quantitative estimate of drug-likeness (QED) is 0.885. The van der Waals surface area contributed by atoms with Crippen LogP contribution in [0.1, 0.15) is 39.3 Å². The second-order valence-corrected chi connectivity index (χ2v) is 6.45. The Kier molecular flexibility index (Phi) is 2.57. The Morgan fingerprint density at radius 3 is 2.74 bits per heavy atom. The molecule has 0 spiro atoms. The summed E-state index contributed by atoms with van der Waals surface area (Å²) in [6.07, 6.45) is 5.58. The van der Waals surface area contributed by atoms with Crippen molar-refractivity contribution in [3.63, 3.8) is 0 Å². The summed E-state index contributed by atoms with van der Waals surface area (Å²) in [6, 6.07) is 2.07. The standard InChI is InChI=1S/C14H20N4O/c1-13(2,3)11-8-10-12(15-6-7-18(10)17-11)16-14(9-19)4-5-14/h6-8,19H,4-5,9H2,1-3H3,(H,15,16). The van der Waals surface area contributed by atoms with Crippen LogP contribution in [0.3, 0.4) is 0 Å². The number of nitrogens with one attached hydrogen (secondary N) is 1. The Morgan fingerprint density at radius 1 is 1.42 bits per heavy atom. The van der Waals surface area contributed by atoms with Gasteiger partial charge < -0.3 is 10.4 Å². The largest absolute Gasteiger partial charge is 0.394 e. The van der Waals surface area contributed by atoms with Gasteiger partial charge in [0, 0.05) is 17.8 Å². The number of hydrogen-bond donors (Lipinski definition) is 2. The lowest BCUT2D eigenvalue weighted by atomic mass is 9.92. The van der Waals surface area contributed by atoms with E-state index in [0.717, 1.165) is 29.9 Å². The van der Waals surface area contributed by atoms with Crippen LogP contribution in [-0.4, -0.2) is 31.9 Å². The highest BCUT2D eigenvalue weighted by Crippen LogP contribution is 2.38. The van der Waals surface area contributed by atoms with Gasteiger partial charge in [0.15, 0.2) is 5.82 Å². The van der Waals surface area contributed by atoms with Crippen molar-refractivity contribution in [1.29, 1.82) is 0 Å². The number of rotatable bonds is 3. The molecule has 2 heterocycles. The van der Waals surface area contributed by atoms with Crippen molar-refractivity contribution in [3.8, 4) is 0 Å². The minimum Gasteiger partial charge on any atom is -0.394 e. The SMILES string of the molecule is CC(C)(C)c1cc2c(NC3(CO)CC3)nccn2n1. The minimum absolute atomic E-state index is 0.0114. The molecule has 2 aromatic heterocycles. The third-order valence-corrected chi connectivity index (χ3v) is 3.70. The number of aliphatic hydroxyl groups excluding tert-OH is 1. The molecule has 0 amide bonds. The molecule has 1 saturated carbocycles. The van der Waals surface area contributed by atoms with Gasteiger partial charge >= 0.3 is 0 Å². The van der Waals surface area contributed by atoms with Crippen LogP contribution in [0.2, 0.25) is 0 Å². The number of hydrogen-bond acceptors (Lipinski definition) is 4. The van der Waals surface area contributed by atoms with Crippen molar-refractivity contribution >= 4 is 11.3 Å². The van der Waals surface area contributed by atoms with E-state index in [0.29, 0.717) is 0 Å². The van der Waals surface area contributed by atoms with E-state index in [1.165, 1.54) is 0 Å². The Hall–Kier alpha value is -1.62. The molecular formula is C14H20N4O. The molecule has 2 aromatic rings. The molecule has 0 atom stereocenters. The molecule has 5 nitrogen and oxygen atoms in total. The fourth-order valence-corrected chi connectivity index (χ4v) is 2.11. The second kappa shape index (κ2) is 3.93. The molecule has 0 unspecified atom stereocenters. The van der Waals surface area contributed by atoms with E-state index in [1.54, 1.807) is 6.20 Å². The van der Waals surface area contributed by atoms with Crippen LogP contribution < -0.4 is 5.32 Å². The van der Waals surface area contributed by atoms with Gasteiger partial charge in [0.25, 0.3) is 0 Å². The van der Waals surface area contributed by atoms with Crippen molar-refractivity contribution in [1.82, 2.24) is 14.6 Å². The predicted molar refractivity (Wildman–Crippen MR) is 74.4 cm³/mol. The second-order valence-electron chi connectivity index (χ2n) is 6.45. The first-order chi connectivity index (χ1) is 8.93. The van der Waals surface area contributed by atoms with Gasteiger partial charge in [0.2, 0.25) is 0 Å². The molecule has 0 aromatic carbocycles. The first-order valence-corrected chi connectivity index (χ1v) is 6.67. The van der Waals surface area contributed by atoms with Crippen LogP contribution >= 0.6 is 0 Å². The highest BCUT2D eigenvalue weighted by Gasteiger charge is 2.42. The summed E-state index contributed by atoms with van der Waals surface area (Å²) in [7, 11) is 0. The molecule has 0 radical (unpaired) electrons. The van der Waals surface area contributed by atoms with Gasteiger partial charge in [-0.15, -0.1) is 0 Å². The monoisotopic (exact) mass is 260 g/mol. The van der Waals surface area contributed by atoms with Gasteiger partial charge in [-0.1, -0.05) is 20.8 Å². The van der Waals surface area contributed by atoms with E-state index < -0.39 is 0 Å². The third-order valence-electron chi connectivity index (χ3n) is 3.70. The highest BCUT2D eigenvalue weighted by atomic mass is 16.3. The summed E-state index contributed by atoms with van der Waals surface area (Å²) in [5.41, 5.74) is 1.85. The Labute approximate surface area is 112 Å². The predicted octanol–water partition coefficient (Wildman–Crippen LogP) is 1.96. The van der Waals surface area contributed by atoms with Crippen LogP contribution in [0.5, 0.6) is 0 Å². The number of aliphatic hydroxyl groups is 1. The Morgan fingerprint density at radius 2 is 2.16 bits per heavy atom. The molecule has 19 heavy (non-hydrogen) atoms. The lowest BCUT2D eigenvalue weighted by Crippen LogP contribution is -2.26. The third kappa shape index (κ3) is 2.18. The van der Waals surface area contributed by atoms with Gasteiger partial charge in [-0.3, -0.25) is 0 Å². The number of fused-ring (bicyclic) bond motifs is 1. The van der Waals surface area contributed by atoms with Crippen molar-refractivity contribution < 1.29 is 5.11 Å². The van der Waals surface area contributed by atoms with E-state index in [2.05, 4.69) is 42.2 Å². The van der Waals surface area contributed by atoms with Gasteiger partial charge in [0.1, 0.15) is 5.52 Å². The summed E-state index contributed by atoms with van der Waals surface area (Å²) >= 11 is 0. The highest BCUT2D eigenvalue weighted by molar-refractivity contribution is 5.69. The van der Waals surface area contributed by atoms with Crippen LogP contribution in [0, 0.1) is 0 Å². The first-order valence-electron chi connectivity index (χ1n) is 6.67. The topological polar surface area (TPSA) is 62.5 Å².